The van der Waals surface area contributed by atoms with Crippen molar-refractivity contribution in [3.8, 4) is 0 Å². The molecule has 0 aliphatic rings. The summed E-state index contributed by atoms with van der Waals surface area (Å²) < 4.78 is 28.2. The van der Waals surface area contributed by atoms with Crippen LogP contribution in [0.2, 0.25) is 0 Å². The van der Waals surface area contributed by atoms with Gasteiger partial charge in [-0.25, -0.2) is 12.4 Å². The number of pyridine rings is 1. The van der Waals surface area contributed by atoms with Gasteiger partial charge in [-0.2, -0.15) is 0 Å². The van der Waals surface area contributed by atoms with Gasteiger partial charge in [-0.3, -0.25) is 8.39 Å². The van der Waals surface area contributed by atoms with E-state index in [4.69, 9.17) is 0 Å². The first-order valence-electron chi connectivity index (χ1n) is 6.54. The van der Waals surface area contributed by atoms with Gasteiger partial charge in [-0.1, -0.05) is 17.7 Å². The maximum Gasteiger partial charge on any atom is 0.268 e. The summed E-state index contributed by atoms with van der Waals surface area (Å²) >= 11 is 3.30. The normalized spacial score (nSPS) is 12.0. The fourth-order valence-electron chi connectivity index (χ4n) is 2.30. The van der Waals surface area contributed by atoms with Gasteiger partial charge in [0, 0.05) is 18.0 Å². The van der Waals surface area contributed by atoms with Crippen molar-refractivity contribution in [3.05, 3.63) is 64.1 Å². The molecule has 7 heteroatoms. The Morgan fingerprint density at radius 1 is 1.05 bits per heavy atom. The van der Waals surface area contributed by atoms with Gasteiger partial charge in [0.05, 0.1) is 26.6 Å². The highest BCUT2D eigenvalue weighted by Crippen LogP contribution is 2.22. The summed E-state index contributed by atoms with van der Waals surface area (Å²) in [6.07, 6.45) is 3.02. The third-order valence-corrected chi connectivity index (χ3v) is 5.80. The monoisotopic (exact) mass is 380 g/mol. The van der Waals surface area contributed by atoms with E-state index in [9.17, 15) is 13.2 Å². The van der Waals surface area contributed by atoms with Crippen molar-refractivity contribution in [3.63, 3.8) is 0 Å². The Kier molecular flexibility index (Phi) is 3.49. The number of hydrogen-bond acceptors (Lipinski definition) is 3. The Labute approximate surface area is 136 Å². The van der Waals surface area contributed by atoms with E-state index in [1.165, 1.54) is 6.20 Å². The van der Waals surface area contributed by atoms with Crippen molar-refractivity contribution >= 4 is 37.2 Å². The Bertz CT molecular complexity index is 1030. The molecule has 0 atom stereocenters. The lowest BCUT2D eigenvalue weighted by Gasteiger charge is -2.08. The predicted molar refractivity (Wildman–Crippen MR) is 89.0 cm³/mol. The second-order valence-corrected chi connectivity index (χ2v) is 7.70. The molecule has 2 heterocycles. The molecule has 3 rings (SSSR count). The maximum absolute atomic E-state index is 12.8. The van der Waals surface area contributed by atoms with Crippen molar-refractivity contribution in [1.29, 1.82) is 0 Å². The molecule has 2 aromatic heterocycles. The number of fused-ring (bicyclic) bond motifs is 1. The maximum atomic E-state index is 12.8. The zero-order valence-corrected chi connectivity index (χ0v) is 14.3. The summed E-state index contributed by atoms with van der Waals surface area (Å²) in [6, 6.07) is 8.13. The number of aryl methyl sites for hydroxylation is 2. The largest absolute Gasteiger partial charge is 0.287 e. The zero-order chi connectivity index (χ0) is 16.1. The van der Waals surface area contributed by atoms with Crippen LogP contribution in [0.4, 0.5) is 0 Å². The molecule has 0 spiro atoms. The second-order valence-electron chi connectivity index (χ2n) is 5.12. The minimum atomic E-state index is -3.81. The molecule has 0 aliphatic heterocycles. The molecule has 0 aliphatic carbocycles. The minimum Gasteiger partial charge on any atom is -0.287 e. The van der Waals surface area contributed by atoms with E-state index < -0.39 is 10.0 Å². The first-order chi connectivity index (χ1) is 10.3. The van der Waals surface area contributed by atoms with Crippen molar-refractivity contribution in [2.45, 2.75) is 18.7 Å². The Morgan fingerprint density at radius 2 is 1.68 bits per heavy atom. The third kappa shape index (κ3) is 2.21. The topological polar surface area (TPSA) is 61.1 Å². The van der Waals surface area contributed by atoms with Crippen molar-refractivity contribution in [1.82, 2.24) is 7.57 Å². The number of hydrogen-bond donors (Lipinski definition) is 0. The standard InChI is InChI=1S/C15H13BrN2O3S/c1-10-3-5-12(6-4-10)22(20,21)18-8-7-13-14(18)15(19)11(2)9-17(13)16/h3-9H,1-2H3. The summed E-state index contributed by atoms with van der Waals surface area (Å²) in [4.78, 5) is 12.5. The zero-order valence-electron chi connectivity index (χ0n) is 11.9. The van der Waals surface area contributed by atoms with Crippen LogP contribution in [0.15, 0.2) is 52.4 Å². The molecule has 0 fully saturated rings. The lowest BCUT2D eigenvalue weighted by atomic mass is 10.2. The number of benzene rings is 1. The van der Waals surface area contributed by atoms with Crippen LogP contribution in [0.5, 0.6) is 0 Å². The Balaban J connectivity index is 2.35. The Hall–Kier alpha value is -1.86. The Morgan fingerprint density at radius 3 is 2.32 bits per heavy atom. The van der Waals surface area contributed by atoms with Crippen molar-refractivity contribution in [2.75, 3.05) is 0 Å². The first-order valence-corrected chi connectivity index (χ1v) is 8.69. The van der Waals surface area contributed by atoms with Crippen LogP contribution in [0.3, 0.4) is 0 Å². The number of rotatable bonds is 2. The van der Waals surface area contributed by atoms with Crippen molar-refractivity contribution < 1.29 is 8.42 Å². The molecule has 0 amide bonds. The van der Waals surface area contributed by atoms with Crippen LogP contribution in [0, 0.1) is 13.8 Å². The first kappa shape index (κ1) is 15.1. The average molecular weight is 381 g/mol. The molecule has 0 radical (unpaired) electrons. The van der Waals surface area contributed by atoms with Crippen LogP contribution >= 0.6 is 16.1 Å². The van der Waals surface area contributed by atoms with E-state index in [0.717, 1.165) is 9.54 Å². The molecule has 114 valence electrons. The van der Waals surface area contributed by atoms with Gasteiger partial charge in [0.25, 0.3) is 10.0 Å². The van der Waals surface area contributed by atoms with Gasteiger partial charge < -0.3 is 0 Å². The van der Waals surface area contributed by atoms with Gasteiger partial charge in [0.1, 0.15) is 5.52 Å². The summed E-state index contributed by atoms with van der Waals surface area (Å²) in [7, 11) is -3.81. The lowest BCUT2D eigenvalue weighted by molar-refractivity contribution is 0.589. The fraction of sp³-hybridized carbons (Fsp3) is 0.133. The van der Waals surface area contributed by atoms with Crippen LogP contribution in [-0.2, 0) is 10.0 Å². The van der Waals surface area contributed by atoms with Crippen LogP contribution in [-0.4, -0.2) is 16.0 Å². The van der Waals surface area contributed by atoms with E-state index in [1.54, 1.807) is 47.0 Å². The molecule has 22 heavy (non-hydrogen) atoms. The fourth-order valence-corrected chi connectivity index (χ4v) is 4.24. The van der Waals surface area contributed by atoms with E-state index in [2.05, 4.69) is 16.1 Å². The van der Waals surface area contributed by atoms with Gasteiger partial charge in [-0.05, 0) is 32.0 Å². The molecule has 0 unspecified atom stereocenters. The summed E-state index contributed by atoms with van der Waals surface area (Å²) in [5, 5.41) is 0. The second kappa shape index (κ2) is 5.10. The molecule has 0 bridgehead atoms. The molecule has 0 N–H and O–H groups in total. The molecular formula is C15H13BrN2O3S. The summed E-state index contributed by atoms with van der Waals surface area (Å²) in [5.74, 6) is 0. The quantitative estimate of drug-likeness (QED) is 0.686. The molecular weight excluding hydrogens is 368 g/mol. The average Bonchev–Trinajstić information content (AvgIpc) is 2.91. The van der Waals surface area contributed by atoms with E-state index >= 15 is 0 Å². The number of aromatic nitrogens is 2. The predicted octanol–water partition coefficient (Wildman–Crippen LogP) is 2.81. The number of nitrogens with zero attached hydrogens (tertiary/aromatic N) is 2. The third-order valence-electron chi connectivity index (χ3n) is 3.52. The van der Waals surface area contributed by atoms with Gasteiger partial charge in [0.15, 0.2) is 0 Å². The molecule has 0 saturated heterocycles. The van der Waals surface area contributed by atoms with E-state index in [1.807, 2.05) is 6.92 Å². The molecule has 5 nitrogen and oxygen atoms in total. The van der Waals surface area contributed by atoms with E-state index in [-0.39, 0.29) is 15.8 Å². The van der Waals surface area contributed by atoms with Crippen molar-refractivity contribution in [2.24, 2.45) is 0 Å². The van der Waals surface area contributed by atoms with Crippen LogP contribution in [0.1, 0.15) is 11.1 Å². The smallest absolute Gasteiger partial charge is 0.268 e. The van der Waals surface area contributed by atoms with Gasteiger partial charge in [0.2, 0.25) is 5.43 Å². The van der Waals surface area contributed by atoms with Gasteiger partial charge >= 0.3 is 0 Å². The van der Waals surface area contributed by atoms with Crippen LogP contribution in [0.25, 0.3) is 11.0 Å². The summed E-state index contributed by atoms with van der Waals surface area (Å²) in [5.41, 5.74) is 1.77. The highest BCUT2D eigenvalue weighted by atomic mass is 79.9. The van der Waals surface area contributed by atoms with Crippen LogP contribution < -0.4 is 5.43 Å². The number of halogens is 1. The molecule has 1 aromatic carbocycles. The highest BCUT2D eigenvalue weighted by Gasteiger charge is 2.21. The molecule has 0 saturated carbocycles. The highest BCUT2D eigenvalue weighted by molar-refractivity contribution is 9.08. The minimum absolute atomic E-state index is 0.137. The SMILES string of the molecule is Cc1ccc(S(=O)(=O)n2ccc3c2c(=O)c(C)cn3Br)cc1. The molecule has 3 aromatic rings. The van der Waals surface area contributed by atoms with E-state index in [0.29, 0.717) is 11.1 Å². The van der Waals surface area contributed by atoms with Gasteiger partial charge in [-0.15, -0.1) is 0 Å². The lowest BCUT2D eigenvalue weighted by Crippen LogP contribution is -2.18. The summed E-state index contributed by atoms with van der Waals surface area (Å²) in [6.45, 7) is 3.53.